The minimum atomic E-state index is -1.32. The summed E-state index contributed by atoms with van der Waals surface area (Å²) in [7, 11) is 1.56. The topological polar surface area (TPSA) is 75.6 Å². The van der Waals surface area contributed by atoms with Crippen LogP contribution in [0.2, 0.25) is 5.02 Å². The number of nitrogens with zero attached hydrogens (tertiary/aromatic N) is 3. The number of carboxylic acid groups (broad SMARTS) is 1. The largest absolute Gasteiger partial charge is 0.497 e. The molecule has 1 unspecified atom stereocenters. The molecule has 1 atom stereocenters. The van der Waals surface area contributed by atoms with Crippen molar-refractivity contribution in [2.75, 3.05) is 26.7 Å². The molecule has 1 saturated heterocycles. The fraction of sp³-hybridized carbons (Fsp3) is 0.483. The zero-order chi connectivity index (χ0) is 26.3. The Morgan fingerprint density at radius 3 is 2.76 bits per heavy atom. The number of aryl methyl sites for hydroxylation is 1. The lowest BCUT2D eigenvalue weighted by Gasteiger charge is -2.41. The number of piperidine rings is 1. The molecule has 6 nitrogen and oxygen atoms in total. The molecule has 0 spiro atoms. The number of carboxylic acids is 1. The van der Waals surface area contributed by atoms with E-state index in [9.17, 15) is 9.90 Å². The van der Waals surface area contributed by atoms with Crippen molar-refractivity contribution < 1.29 is 19.0 Å². The van der Waals surface area contributed by atoms with Gasteiger partial charge in [0.05, 0.1) is 24.1 Å². The Kier molecular flexibility index (Phi) is 9.33. The SMILES string of the molecule is COc1ccc2ncc(Cl)c(C(F)CCC3(CC(=O)O)CCN(CCCCc4cccnc4)CC3)c2c1. The number of alkyl halides is 1. The van der Waals surface area contributed by atoms with Gasteiger partial charge in [0.25, 0.3) is 0 Å². The van der Waals surface area contributed by atoms with E-state index in [1.807, 2.05) is 12.3 Å². The summed E-state index contributed by atoms with van der Waals surface area (Å²) in [5.41, 5.74) is 1.90. The zero-order valence-electron chi connectivity index (χ0n) is 21.3. The predicted octanol–water partition coefficient (Wildman–Crippen LogP) is 6.66. The van der Waals surface area contributed by atoms with Gasteiger partial charge in [-0.15, -0.1) is 0 Å². The van der Waals surface area contributed by atoms with Gasteiger partial charge in [-0.25, -0.2) is 4.39 Å². The first kappa shape index (κ1) is 27.3. The lowest BCUT2D eigenvalue weighted by molar-refractivity contribution is -0.141. The maximum absolute atomic E-state index is 15.7. The number of rotatable bonds is 12. The summed E-state index contributed by atoms with van der Waals surface area (Å²) in [5.74, 6) is -0.211. The van der Waals surface area contributed by atoms with Crippen LogP contribution in [-0.2, 0) is 11.2 Å². The number of aliphatic carboxylic acids is 1. The van der Waals surface area contributed by atoms with Gasteiger partial charge in [0.15, 0.2) is 0 Å². The summed E-state index contributed by atoms with van der Waals surface area (Å²) in [6, 6.07) is 9.40. The number of halogens is 2. The van der Waals surface area contributed by atoms with Crippen molar-refractivity contribution in [3.05, 3.63) is 65.1 Å². The van der Waals surface area contributed by atoms with Crippen molar-refractivity contribution in [2.45, 2.75) is 57.5 Å². The number of pyridine rings is 2. The van der Waals surface area contributed by atoms with Crippen LogP contribution < -0.4 is 4.74 Å². The van der Waals surface area contributed by atoms with E-state index >= 15 is 4.39 Å². The minimum Gasteiger partial charge on any atom is -0.497 e. The van der Waals surface area contributed by atoms with Gasteiger partial charge >= 0.3 is 5.97 Å². The average molecular weight is 528 g/mol. The quantitative estimate of drug-likeness (QED) is 0.265. The highest BCUT2D eigenvalue weighted by molar-refractivity contribution is 6.32. The number of fused-ring (bicyclic) bond motifs is 1. The van der Waals surface area contributed by atoms with Crippen LogP contribution in [-0.4, -0.2) is 52.7 Å². The van der Waals surface area contributed by atoms with Crippen LogP contribution in [0.15, 0.2) is 48.9 Å². The summed E-state index contributed by atoms with van der Waals surface area (Å²) < 4.78 is 21.0. The van der Waals surface area contributed by atoms with Crippen LogP contribution >= 0.6 is 11.6 Å². The molecule has 2 aromatic heterocycles. The molecule has 0 bridgehead atoms. The van der Waals surface area contributed by atoms with Crippen LogP contribution in [0.25, 0.3) is 10.9 Å². The molecule has 198 valence electrons. The Morgan fingerprint density at radius 1 is 1.24 bits per heavy atom. The molecule has 8 heteroatoms. The van der Waals surface area contributed by atoms with Gasteiger partial charge in [-0.05, 0) is 99.8 Å². The van der Waals surface area contributed by atoms with Crippen LogP contribution in [0.4, 0.5) is 4.39 Å². The number of carbonyl (C=O) groups is 1. The Balaban J connectivity index is 1.35. The Morgan fingerprint density at radius 2 is 2.05 bits per heavy atom. The number of aromatic nitrogens is 2. The van der Waals surface area contributed by atoms with Crippen LogP contribution in [0.1, 0.15) is 62.2 Å². The second-order valence-corrected chi connectivity index (χ2v) is 10.5. The standard InChI is InChI=1S/C29H35ClFN3O3/c1-37-22-7-8-26-23(17-22)28(24(30)20-33-26)25(31)9-10-29(18-27(35)36)11-15-34(16-12-29)14-3-2-5-21-6-4-13-32-19-21/h4,6-8,13,17,19-20,25H,2-3,5,9-12,14-16,18H2,1H3,(H,35,36). The summed E-state index contributed by atoms with van der Waals surface area (Å²) >= 11 is 6.41. The van der Waals surface area contributed by atoms with E-state index < -0.39 is 17.6 Å². The molecule has 1 N–H and O–H groups in total. The highest BCUT2D eigenvalue weighted by Gasteiger charge is 2.37. The maximum atomic E-state index is 15.7. The fourth-order valence-electron chi connectivity index (χ4n) is 5.49. The smallest absolute Gasteiger partial charge is 0.303 e. The molecule has 0 saturated carbocycles. The van der Waals surface area contributed by atoms with Gasteiger partial charge < -0.3 is 14.7 Å². The molecule has 0 amide bonds. The first-order valence-corrected chi connectivity index (χ1v) is 13.4. The van der Waals surface area contributed by atoms with Crippen LogP contribution in [0.5, 0.6) is 5.75 Å². The molecule has 3 heterocycles. The van der Waals surface area contributed by atoms with Gasteiger partial charge in [0.1, 0.15) is 11.9 Å². The summed E-state index contributed by atoms with van der Waals surface area (Å²) in [6.07, 6.45) is 9.36. The van der Waals surface area contributed by atoms with Gasteiger partial charge in [-0.2, -0.15) is 0 Å². The Labute approximate surface area is 222 Å². The fourth-order valence-corrected chi connectivity index (χ4v) is 5.76. The molecule has 0 aliphatic carbocycles. The van der Waals surface area contributed by atoms with Crippen LogP contribution in [0, 0.1) is 5.41 Å². The maximum Gasteiger partial charge on any atom is 0.303 e. The highest BCUT2D eigenvalue weighted by atomic mass is 35.5. The molecule has 0 radical (unpaired) electrons. The van der Waals surface area contributed by atoms with Gasteiger partial charge in [-0.3, -0.25) is 14.8 Å². The second-order valence-electron chi connectivity index (χ2n) is 10.1. The van der Waals surface area contributed by atoms with E-state index in [1.54, 1.807) is 31.5 Å². The first-order valence-electron chi connectivity index (χ1n) is 13.0. The molecule has 1 aliphatic rings. The highest BCUT2D eigenvalue weighted by Crippen LogP contribution is 2.44. The number of hydrogen-bond acceptors (Lipinski definition) is 5. The van der Waals surface area contributed by atoms with Crippen molar-refractivity contribution in [2.24, 2.45) is 5.41 Å². The number of methoxy groups -OCH3 is 1. The summed E-state index contributed by atoms with van der Waals surface area (Å²) in [6.45, 7) is 2.68. The van der Waals surface area contributed by atoms with Gasteiger partial charge in [0, 0.05) is 29.5 Å². The molecule has 37 heavy (non-hydrogen) atoms. The molecule has 1 fully saturated rings. The normalized spacial score (nSPS) is 16.5. The molecule has 3 aromatic rings. The van der Waals surface area contributed by atoms with Crippen molar-refractivity contribution in [3.8, 4) is 5.75 Å². The first-order chi connectivity index (χ1) is 17.9. The van der Waals surface area contributed by atoms with Gasteiger partial charge in [-0.1, -0.05) is 17.7 Å². The minimum absolute atomic E-state index is 0.0627. The van der Waals surface area contributed by atoms with Crippen molar-refractivity contribution in [1.82, 2.24) is 14.9 Å². The summed E-state index contributed by atoms with van der Waals surface area (Å²) in [4.78, 5) is 22.7. The Bertz CT molecular complexity index is 1190. The molecule has 4 rings (SSSR count). The Hall–Kier alpha value is -2.77. The molecule has 1 aromatic carbocycles. The monoisotopic (exact) mass is 527 g/mol. The number of likely N-dealkylation sites (tertiary alicyclic amines) is 1. The van der Waals surface area contributed by atoms with E-state index in [2.05, 4.69) is 20.9 Å². The molecular formula is C29H35ClFN3O3. The van der Waals surface area contributed by atoms with Crippen LogP contribution in [0.3, 0.4) is 0 Å². The summed E-state index contributed by atoms with van der Waals surface area (Å²) in [5, 5.41) is 10.6. The lowest BCUT2D eigenvalue weighted by Crippen LogP contribution is -2.41. The number of benzene rings is 1. The number of ether oxygens (including phenoxy) is 1. The predicted molar refractivity (Wildman–Crippen MR) is 144 cm³/mol. The lowest BCUT2D eigenvalue weighted by atomic mass is 9.71. The molecule has 1 aliphatic heterocycles. The zero-order valence-corrected chi connectivity index (χ0v) is 22.1. The average Bonchev–Trinajstić information content (AvgIpc) is 2.90. The number of unbranched alkanes of at least 4 members (excludes halogenated alkanes) is 1. The van der Waals surface area contributed by atoms with E-state index in [1.165, 1.54) is 11.8 Å². The third-order valence-electron chi connectivity index (χ3n) is 7.67. The van der Waals surface area contributed by atoms with E-state index in [0.717, 1.165) is 51.7 Å². The van der Waals surface area contributed by atoms with Crippen molar-refractivity contribution >= 4 is 28.5 Å². The van der Waals surface area contributed by atoms with Gasteiger partial charge in [0.2, 0.25) is 0 Å². The third-order valence-corrected chi connectivity index (χ3v) is 7.97. The van der Waals surface area contributed by atoms with E-state index in [4.69, 9.17) is 16.3 Å². The van der Waals surface area contributed by atoms with E-state index in [-0.39, 0.29) is 17.9 Å². The van der Waals surface area contributed by atoms with Crippen molar-refractivity contribution in [1.29, 1.82) is 0 Å². The molecular weight excluding hydrogens is 493 g/mol. The second kappa shape index (κ2) is 12.7. The number of hydrogen-bond donors (Lipinski definition) is 1. The van der Waals surface area contributed by atoms with E-state index in [0.29, 0.717) is 28.6 Å². The third kappa shape index (κ3) is 7.17. The van der Waals surface area contributed by atoms with Crippen molar-refractivity contribution in [3.63, 3.8) is 0 Å².